The number of carbonyl (C=O) groups is 1. The molecule has 3 aromatic rings. The van der Waals surface area contributed by atoms with E-state index in [9.17, 15) is 14.9 Å². The van der Waals surface area contributed by atoms with Crippen LogP contribution in [0.5, 0.6) is 0 Å². The molecule has 1 heterocycles. The molecule has 0 aliphatic carbocycles. The Morgan fingerprint density at radius 2 is 2.00 bits per heavy atom. The predicted molar refractivity (Wildman–Crippen MR) is 97.5 cm³/mol. The number of fused-ring (bicyclic) bond motifs is 1. The molecule has 1 aromatic heterocycles. The summed E-state index contributed by atoms with van der Waals surface area (Å²) in [6.45, 7) is 0. The Hall–Kier alpha value is -3.06. The van der Waals surface area contributed by atoms with Crippen LogP contribution in [0.2, 0.25) is 0 Å². The number of benzene rings is 2. The zero-order valence-corrected chi connectivity index (χ0v) is 13.9. The van der Waals surface area contributed by atoms with Gasteiger partial charge in [-0.1, -0.05) is 24.3 Å². The minimum atomic E-state index is -0.897. The fourth-order valence-electron chi connectivity index (χ4n) is 2.42. The Balaban J connectivity index is 2.03. The van der Waals surface area contributed by atoms with Crippen molar-refractivity contribution in [1.29, 1.82) is 0 Å². The summed E-state index contributed by atoms with van der Waals surface area (Å²) in [5, 5.41) is 20.7. The Kier molecular flexibility index (Phi) is 4.85. The van der Waals surface area contributed by atoms with Gasteiger partial charge < -0.3 is 5.11 Å². The molecule has 0 saturated heterocycles. The molecular formula is C18H14N2O4S. The molecule has 0 aliphatic rings. The van der Waals surface area contributed by atoms with E-state index in [1.54, 1.807) is 18.2 Å². The van der Waals surface area contributed by atoms with E-state index in [4.69, 9.17) is 5.11 Å². The number of rotatable bonds is 6. The van der Waals surface area contributed by atoms with Crippen LogP contribution in [0.3, 0.4) is 0 Å². The Morgan fingerprint density at radius 3 is 2.72 bits per heavy atom. The number of nitro groups is 1. The molecule has 0 radical (unpaired) electrons. The topological polar surface area (TPSA) is 93.3 Å². The number of hydrogen-bond donors (Lipinski definition) is 1. The highest BCUT2D eigenvalue weighted by molar-refractivity contribution is 7.19. The molecule has 126 valence electrons. The normalized spacial score (nSPS) is 11.6. The molecule has 0 atom stereocenters. The van der Waals surface area contributed by atoms with Crippen LogP contribution >= 0.6 is 11.3 Å². The third-order valence-corrected chi connectivity index (χ3v) is 4.71. The number of allylic oxidation sites excluding steroid dienone is 1. The molecule has 6 nitrogen and oxygen atoms in total. The van der Waals surface area contributed by atoms with E-state index in [2.05, 4.69) is 4.98 Å². The van der Waals surface area contributed by atoms with Crippen LogP contribution in [0.25, 0.3) is 21.9 Å². The van der Waals surface area contributed by atoms with Crippen LogP contribution in [-0.4, -0.2) is 21.0 Å². The second-order valence-corrected chi connectivity index (χ2v) is 6.43. The van der Waals surface area contributed by atoms with Gasteiger partial charge in [-0.25, -0.2) is 4.98 Å². The van der Waals surface area contributed by atoms with Crippen molar-refractivity contribution < 1.29 is 14.8 Å². The molecule has 0 unspecified atom stereocenters. The van der Waals surface area contributed by atoms with Crippen LogP contribution in [0.1, 0.15) is 23.4 Å². The van der Waals surface area contributed by atoms with Gasteiger partial charge in [0.2, 0.25) is 0 Å². The zero-order valence-electron chi connectivity index (χ0n) is 13.1. The third-order valence-electron chi connectivity index (χ3n) is 3.60. The van der Waals surface area contributed by atoms with Gasteiger partial charge in [-0.15, -0.1) is 11.3 Å². The molecule has 0 amide bonds. The first-order valence-corrected chi connectivity index (χ1v) is 8.37. The number of aliphatic carboxylic acids is 1. The molecule has 1 N–H and O–H groups in total. The van der Waals surface area contributed by atoms with E-state index >= 15 is 0 Å². The van der Waals surface area contributed by atoms with Crippen molar-refractivity contribution >= 4 is 44.9 Å². The van der Waals surface area contributed by atoms with Gasteiger partial charge in [-0.05, 0) is 35.8 Å². The highest BCUT2D eigenvalue weighted by atomic mass is 32.1. The van der Waals surface area contributed by atoms with Gasteiger partial charge in [0.1, 0.15) is 5.01 Å². The van der Waals surface area contributed by atoms with Crippen molar-refractivity contribution in [2.24, 2.45) is 0 Å². The minimum absolute atomic E-state index is 0.00404. The van der Waals surface area contributed by atoms with Gasteiger partial charge in [0, 0.05) is 18.6 Å². The van der Waals surface area contributed by atoms with E-state index in [0.29, 0.717) is 12.0 Å². The first kappa shape index (κ1) is 16.8. The lowest BCUT2D eigenvalue weighted by Gasteiger charge is -2.03. The van der Waals surface area contributed by atoms with Gasteiger partial charge in [-0.2, -0.15) is 0 Å². The highest BCUT2D eigenvalue weighted by Crippen LogP contribution is 2.31. The third kappa shape index (κ3) is 4.07. The second-order valence-electron chi connectivity index (χ2n) is 5.40. The van der Waals surface area contributed by atoms with Gasteiger partial charge in [-0.3, -0.25) is 14.9 Å². The monoisotopic (exact) mass is 354 g/mol. The number of aromatic nitrogens is 1. The standard InChI is InChI=1S/C18H14N2O4S/c21-17(22)9-8-13(10-12-4-3-5-14(11-12)20(23)24)18-19-15-6-1-2-7-16(15)25-18/h1-7,10-11H,8-9H2,(H,21,22)/b13-10+. The Labute approximate surface area is 147 Å². The summed E-state index contributed by atoms with van der Waals surface area (Å²) in [5.74, 6) is -0.897. The van der Waals surface area contributed by atoms with Crippen LogP contribution < -0.4 is 0 Å². The maximum Gasteiger partial charge on any atom is 0.303 e. The first-order valence-electron chi connectivity index (χ1n) is 7.56. The van der Waals surface area contributed by atoms with Crippen molar-refractivity contribution in [2.45, 2.75) is 12.8 Å². The average Bonchev–Trinajstić information content (AvgIpc) is 3.02. The van der Waals surface area contributed by atoms with E-state index < -0.39 is 10.9 Å². The van der Waals surface area contributed by atoms with Gasteiger partial charge in [0.15, 0.2) is 0 Å². The number of para-hydroxylation sites is 1. The summed E-state index contributed by atoms with van der Waals surface area (Å²) in [6.07, 6.45) is 2.04. The molecule has 0 bridgehead atoms. The maximum atomic E-state index is 11.0. The van der Waals surface area contributed by atoms with Crippen molar-refractivity contribution in [3.63, 3.8) is 0 Å². The second kappa shape index (κ2) is 7.23. The maximum absolute atomic E-state index is 11.0. The molecular weight excluding hydrogens is 340 g/mol. The minimum Gasteiger partial charge on any atom is -0.481 e. The van der Waals surface area contributed by atoms with Crippen molar-refractivity contribution in [3.05, 3.63) is 69.2 Å². The quantitative estimate of drug-likeness (QED) is 0.515. The fourth-order valence-corrected chi connectivity index (χ4v) is 3.43. The lowest BCUT2D eigenvalue weighted by molar-refractivity contribution is -0.384. The fraction of sp³-hybridized carbons (Fsp3) is 0.111. The number of carboxylic acids is 1. The molecule has 0 fully saturated rings. The number of carboxylic acid groups (broad SMARTS) is 1. The smallest absolute Gasteiger partial charge is 0.303 e. The molecule has 0 spiro atoms. The molecule has 0 aliphatic heterocycles. The summed E-state index contributed by atoms with van der Waals surface area (Å²) >= 11 is 1.48. The van der Waals surface area contributed by atoms with Crippen LogP contribution in [-0.2, 0) is 4.79 Å². The van der Waals surface area contributed by atoms with Crippen molar-refractivity contribution in [1.82, 2.24) is 4.98 Å². The average molecular weight is 354 g/mol. The first-order chi connectivity index (χ1) is 12.0. The summed E-state index contributed by atoms with van der Waals surface area (Å²) < 4.78 is 1.01. The van der Waals surface area contributed by atoms with Gasteiger partial charge in [0.05, 0.1) is 15.1 Å². The van der Waals surface area contributed by atoms with Crippen LogP contribution in [0.15, 0.2) is 48.5 Å². The molecule has 7 heteroatoms. The molecule has 25 heavy (non-hydrogen) atoms. The van der Waals surface area contributed by atoms with Crippen LogP contribution in [0, 0.1) is 10.1 Å². The van der Waals surface area contributed by atoms with Crippen LogP contribution in [0.4, 0.5) is 5.69 Å². The predicted octanol–water partition coefficient (Wildman–Crippen LogP) is 4.61. The van der Waals surface area contributed by atoms with E-state index in [1.165, 1.54) is 23.5 Å². The zero-order chi connectivity index (χ0) is 17.8. The summed E-state index contributed by atoms with van der Waals surface area (Å²) in [7, 11) is 0. The lowest BCUT2D eigenvalue weighted by Crippen LogP contribution is -1.95. The number of nitrogens with zero attached hydrogens (tertiary/aromatic N) is 2. The molecule has 0 saturated carbocycles. The van der Waals surface area contributed by atoms with Crippen molar-refractivity contribution in [3.8, 4) is 0 Å². The Morgan fingerprint density at radius 1 is 1.20 bits per heavy atom. The number of non-ortho nitro benzene ring substituents is 1. The number of hydrogen-bond acceptors (Lipinski definition) is 5. The summed E-state index contributed by atoms with van der Waals surface area (Å²) in [5.41, 5.74) is 2.25. The van der Waals surface area contributed by atoms with Gasteiger partial charge in [0.25, 0.3) is 5.69 Å². The Bertz CT molecular complexity index is 945. The largest absolute Gasteiger partial charge is 0.481 e. The summed E-state index contributed by atoms with van der Waals surface area (Å²) in [6, 6.07) is 13.9. The van der Waals surface area contributed by atoms with Gasteiger partial charge >= 0.3 is 5.97 Å². The molecule has 2 aromatic carbocycles. The lowest BCUT2D eigenvalue weighted by atomic mass is 10.1. The van der Waals surface area contributed by atoms with E-state index in [-0.39, 0.29) is 12.1 Å². The number of nitro benzene ring substituents is 1. The van der Waals surface area contributed by atoms with Crippen molar-refractivity contribution in [2.75, 3.05) is 0 Å². The number of thiazole rings is 1. The SMILES string of the molecule is O=C(O)CC/C(=C\c1cccc([N+](=O)[O-])c1)c1nc2ccccc2s1. The highest BCUT2D eigenvalue weighted by Gasteiger charge is 2.12. The van der Waals surface area contributed by atoms with E-state index in [1.807, 2.05) is 24.3 Å². The van der Waals surface area contributed by atoms with E-state index in [0.717, 1.165) is 20.8 Å². The molecule has 3 rings (SSSR count). The summed E-state index contributed by atoms with van der Waals surface area (Å²) in [4.78, 5) is 26.0.